The lowest BCUT2D eigenvalue weighted by Gasteiger charge is -2.16. The maximum Gasteiger partial charge on any atom is 0.234 e. The number of aromatic nitrogens is 3. The highest BCUT2D eigenvalue weighted by Crippen LogP contribution is 2.23. The van der Waals surface area contributed by atoms with Crippen LogP contribution in [0.5, 0.6) is 0 Å². The van der Waals surface area contributed by atoms with Crippen LogP contribution in [-0.4, -0.2) is 38.9 Å². The predicted molar refractivity (Wildman–Crippen MR) is 118 cm³/mol. The number of nitrogens with one attached hydrogen (secondary N) is 1. The van der Waals surface area contributed by atoms with Crippen LogP contribution in [0.1, 0.15) is 24.2 Å². The van der Waals surface area contributed by atoms with Crippen molar-refractivity contribution in [3.05, 3.63) is 66.0 Å². The molecule has 1 aliphatic rings. The molecule has 7 nitrogen and oxygen atoms in total. The van der Waals surface area contributed by atoms with Crippen molar-refractivity contribution in [2.45, 2.75) is 24.4 Å². The Hall–Kier alpha value is -3.13. The van der Waals surface area contributed by atoms with Gasteiger partial charge in [-0.1, -0.05) is 42.1 Å². The van der Waals surface area contributed by atoms with Crippen LogP contribution in [0.25, 0.3) is 0 Å². The molecule has 0 aliphatic carbocycles. The van der Waals surface area contributed by atoms with Crippen molar-refractivity contribution in [2.75, 3.05) is 22.5 Å². The highest BCUT2D eigenvalue weighted by atomic mass is 32.2. The second-order valence-electron chi connectivity index (χ2n) is 7.15. The third kappa shape index (κ3) is 4.71. The summed E-state index contributed by atoms with van der Waals surface area (Å²) in [6.07, 6.45) is 2.19. The summed E-state index contributed by atoms with van der Waals surface area (Å²) in [5, 5.41) is 12.1. The average Bonchev–Trinajstić information content (AvgIpc) is 3.34. The minimum atomic E-state index is -0.113. The molecule has 0 bridgehead atoms. The maximum absolute atomic E-state index is 12.3. The van der Waals surface area contributed by atoms with Crippen molar-refractivity contribution in [1.82, 2.24) is 14.8 Å². The highest BCUT2D eigenvalue weighted by molar-refractivity contribution is 7.99. The molecule has 3 aromatic rings. The number of benzene rings is 2. The van der Waals surface area contributed by atoms with Gasteiger partial charge in [0.1, 0.15) is 5.82 Å². The fraction of sp³-hybridized carbons (Fsp3) is 0.273. The molecule has 8 heteroatoms. The Kier molecular flexibility index (Phi) is 6.13. The smallest absolute Gasteiger partial charge is 0.234 e. The Bertz CT molecular complexity index is 1030. The van der Waals surface area contributed by atoms with E-state index < -0.39 is 0 Å². The number of thioether (sulfide) groups is 1. The molecule has 1 aliphatic heterocycles. The van der Waals surface area contributed by atoms with Crippen molar-refractivity contribution < 1.29 is 9.59 Å². The molecule has 0 radical (unpaired) electrons. The quantitative estimate of drug-likeness (QED) is 0.593. The number of amides is 2. The Morgan fingerprint density at radius 3 is 2.57 bits per heavy atom. The zero-order chi connectivity index (χ0) is 20.9. The van der Waals surface area contributed by atoms with Crippen molar-refractivity contribution in [3.63, 3.8) is 0 Å². The standard InChI is InChI=1S/C22H23N5O2S/c1-26-19(14-16-6-3-2-4-7-16)24-25-22(26)30-15-20(28)23-17-9-11-18(12-10-17)27-13-5-8-21(27)29/h2-4,6-7,9-12H,5,8,13-15H2,1H3,(H,23,28). The van der Waals surface area contributed by atoms with Crippen LogP contribution in [0.15, 0.2) is 59.8 Å². The van der Waals surface area contributed by atoms with Crippen LogP contribution >= 0.6 is 11.8 Å². The van der Waals surface area contributed by atoms with Crippen LogP contribution in [0.4, 0.5) is 11.4 Å². The minimum absolute atomic E-state index is 0.113. The average molecular weight is 422 g/mol. The molecular weight excluding hydrogens is 398 g/mol. The molecule has 2 heterocycles. The molecule has 0 saturated carbocycles. The first-order chi connectivity index (χ1) is 14.6. The molecule has 0 spiro atoms. The van der Waals surface area contributed by atoms with Gasteiger partial charge in [0.15, 0.2) is 5.16 Å². The lowest BCUT2D eigenvalue weighted by molar-refractivity contribution is -0.117. The molecule has 1 N–H and O–H groups in total. The van der Waals surface area contributed by atoms with E-state index in [1.165, 1.54) is 17.3 Å². The van der Waals surface area contributed by atoms with E-state index in [2.05, 4.69) is 27.6 Å². The van der Waals surface area contributed by atoms with Crippen molar-refractivity contribution in [2.24, 2.45) is 7.05 Å². The van der Waals surface area contributed by atoms with E-state index in [-0.39, 0.29) is 17.6 Å². The number of anilines is 2. The summed E-state index contributed by atoms with van der Waals surface area (Å²) in [5.74, 6) is 1.14. The number of nitrogens with zero attached hydrogens (tertiary/aromatic N) is 4. The van der Waals surface area contributed by atoms with Gasteiger partial charge in [-0.3, -0.25) is 9.59 Å². The lowest BCUT2D eigenvalue weighted by Crippen LogP contribution is -2.23. The van der Waals surface area contributed by atoms with Gasteiger partial charge < -0.3 is 14.8 Å². The van der Waals surface area contributed by atoms with Gasteiger partial charge in [0.2, 0.25) is 11.8 Å². The number of hydrogen-bond acceptors (Lipinski definition) is 5. The molecule has 2 amide bonds. The largest absolute Gasteiger partial charge is 0.325 e. The normalized spacial score (nSPS) is 13.6. The maximum atomic E-state index is 12.3. The number of carbonyl (C=O) groups excluding carboxylic acids is 2. The molecule has 154 valence electrons. The zero-order valence-corrected chi connectivity index (χ0v) is 17.6. The Labute approximate surface area is 179 Å². The summed E-state index contributed by atoms with van der Waals surface area (Å²) in [6.45, 7) is 0.755. The molecule has 2 aromatic carbocycles. The fourth-order valence-electron chi connectivity index (χ4n) is 3.38. The van der Waals surface area contributed by atoms with E-state index in [1.807, 2.05) is 54.1 Å². The summed E-state index contributed by atoms with van der Waals surface area (Å²) in [7, 11) is 1.91. The first-order valence-corrected chi connectivity index (χ1v) is 10.8. The van der Waals surface area contributed by atoms with E-state index in [0.29, 0.717) is 23.7 Å². The van der Waals surface area contributed by atoms with E-state index in [4.69, 9.17) is 0 Å². The monoisotopic (exact) mass is 421 g/mol. The van der Waals surface area contributed by atoms with Crippen LogP contribution in [0.2, 0.25) is 0 Å². The van der Waals surface area contributed by atoms with E-state index in [9.17, 15) is 9.59 Å². The first-order valence-electron chi connectivity index (χ1n) is 9.85. The Morgan fingerprint density at radius 2 is 1.87 bits per heavy atom. The SMILES string of the molecule is Cn1c(Cc2ccccc2)nnc1SCC(=O)Nc1ccc(N2CCCC2=O)cc1. The molecular formula is C22H23N5O2S. The van der Waals surface area contributed by atoms with Crippen LogP contribution in [0, 0.1) is 0 Å². The van der Waals surface area contributed by atoms with Crippen LogP contribution < -0.4 is 10.2 Å². The summed E-state index contributed by atoms with van der Waals surface area (Å²) in [4.78, 5) is 25.9. The summed E-state index contributed by atoms with van der Waals surface area (Å²) in [6, 6.07) is 17.5. The molecule has 1 fully saturated rings. The molecule has 1 aromatic heterocycles. The molecule has 0 atom stereocenters. The predicted octanol–water partition coefficient (Wildman–Crippen LogP) is 3.26. The fourth-order valence-corrected chi connectivity index (χ4v) is 4.11. The molecule has 30 heavy (non-hydrogen) atoms. The topological polar surface area (TPSA) is 80.1 Å². The second kappa shape index (κ2) is 9.13. The third-order valence-corrected chi connectivity index (χ3v) is 6.02. The van der Waals surface area contributed by atoms with E-state index in [1.54, 1.807) is 4.90 Å². The summed E-state index contributed by atoms with van der Waals surface area (Å²) in [5.41, 5.74) is 2.75. The van der Waals surface area contributed by atoms with Gasteiger partial charge in [-0.2, -0.15) is 0 Å². The van der Waals surface area contributed by atoms with Crippen LogP contribution in [-0.2, 0) is 23.1 Å². The number of hydrogen-bond donors (Lipinski definition) is 1. The highest BCUT2D eigenvalue weighted by Gasteiger charge is 2.21. The van der Waals surface area contributed by atoms with E-state index in [0.717, 1.165) is 24.5 Å². The third-order valence-electron chi connectivity index (χ3n) is 5.00. The van der Waals surface area contributed by atoms with Gasteiger partial charge in [-0.25, -0.2) is 0 Å². The molecule has 0 unspecified atom stereocenters. The zero-order valence-electron chi connectivity index (χ0n) is 16.7. The number of carbonyl (C=O) groups is 2. The first kappa shape index (κ1) is 20.2. The second-order valence-corrected chi connectivity index (χ2v) is 8.10. The van der Waals surface area contributed by atoms with Gasteiger partial charge >= 0.3 is 0 Å². The molecule has 4 rings (SSSR count). The van der Waals surface area contributed by atoms with Gasteiger partial charge in [-0.15, -0.1) is 10.2 Å². The summed E-state index contributed by atoms with van der Waals surface area (Å²) >= 11 is 1.35. The Balaban J connectivity index is 1.30. The molecule has 1 saturated heterocycles. The van der Waals surface area contributed by atoms with Crippen molar-refractivity contribution >= 4 is 35.0 Å². The minimum Gasteiger partial charge on any atom is -0.325 e. The van der Waals surface area contributed by atoms with Crippen molar-refractivity contribution in [1.29, 1.82) is 0 Å². The van der Waals surface area contributed by atoms with Gasteiger partial charge in [0, 0.05) is 37.8 Å². The van der Waals surface area contributed by atoms with Crippen LogP contribution in [0.3, 0.4) is 0 Å². The Morgan fingerprint density at radius 1 is 1.10 bits per heavy atom. The van der Waals surface area contributed by atoms with Gasteiger partial charge in [0.25, 0.3) is 0 Å². The lowest BCUT2D eigenvalue weighted by atomic mass is 10.1. The van der Waals surface area contributed by atoms with Gasteiger partial charge in [-0.05, 0) is 36.2 Å². The number of rotatable bonds is 7. The van der Waals surface area contributed by atoms with Gasteiger partial charge in [0.05, 0.1) is 5.75 Å². The van der Waals surface area contributed by atoms with E-state index >= 15 is 0 Å². The summed E-state index contributed by atoms with van der Waals surface area (Å²) < 4.78 is 1.92. The van der Waals surface area contributed by atoms with Crippen molar-refractivity contribution in [3.8, 4) is 0 Å².